The minimum Gasteiger partial charge on any atom is -0.444 e. The van der Waals surface area contributed by atoms with E-state index in [4.69, 9.17) is 4.74 Å². The normalized spacial score (nSPS) is 30.7. The lowest BCUT2D eigenvalue weighted by Gasteiger charge is -2.25. The Kier molecular flexibility index (Phi) is 2.42. The summed E-state index contributed by atoms with van der Waals surface area (Å²) < 4.78 is 5.30. The van der Waals surface area contributed by atoms with Gasteiger partial charge in [-0.25, -0.2) is 4.79 Å². The number of likely N-dealkylation sites (N-methyl/N-ethyl adjacent to an activating group) is 1. The molecule has 74 valence electrons. The van der Waals surface area contributed by atoms with Crippen molar-refractivity contribution < 1.29 is 9.53 Å². The van der Waals surface area contributed by atoms with Gasteiger partial charge in [-0.3, -0.25) is 0 Å². The lowest BCUT2D eigenvalue weighted by molar-refractivity contribution is 0.0881. The van der Waals surface area contributed by atoms with Crippen LogP contribution in [0.15, 0.2) is 0 Å². The van der Waals surface area contributed by atoms with Crippen LogP contribution in [0.25, 0.3) is 0 Å². The molecule has 2 fully saturated rings. The Balaban J connectivity index is 1.90. The minimum atomic E-state index is -0.143. The predicted octanol–water partition coefficient (Wildman–Crippen LogP) is 2.02. The summed E-state index contributed by atoms with van der Waals surface area (Å²) >= 11 is 0. The number of cyclic esters (lactones) is 1. The number of hydrogen-bond acceptors (Lipinski definition) is 2. The molecule has 1 saturated carbocycles. The van der Waals surface area contributed by atoms with Crippen molar-refractivity contribution in [1.29, 1.82) is 0 Å². The largest absolute Gasteiger partial charge is 0.444 e. The maximum atomic E-state index is 11.1. The number of hydrogen-bond donors (Lipinski definition) is 0. The van der Waals surface area contributed by atoms with Crippen molar-refractivity contribution in [2.75, 3.05) is 13.6 Å². The van der Waals surface area contributed by atoms with E-state index >= 15 is 0 Å². The molecule has 0 N–H and O–H groups in total. The van der Waals surface area contributed by atoms with Crippen LogP contribution in [0, 0.1) is 5.92 Å². The number of nitrogens with zero attached hydrogens (tertiary/aromatic N) is 1. The molecule has 0 aromatic heterocycles. The number of carbonyl (C=O) groups is 1. The van der Waals surface area contributed by atoms with Crippen LogP contribution in [0.5, 0.6) is 0 Å². The van der Waals surface area contributed by atoms with Crippen molar-refractivity contribution in [3.63, 3.8) is 0 Å². The topological polar surface area (TPSA) is 29.5 Å². The molecular weight excluding hydrogens is 166 g/mol. The molecule has 2 rings (SSSR count). The third kappa shape index (κ3) is 1.79. The van der Waals surface area contributed by atoms with E-state index in [1.165, 1.54) is 32.1 Å². The first-order chi connectivity index (χ1) is 6.27. The van der Waals surface area contributed by atoms with Crippen LogP contribution in [0.2, 0.25) is 0 Å². The first kappa shape index (κ1) is 8.85. The van der Waals surface area contributed by atoms with E-state index in [2.05, 4.69) is 0 Å². The van der Waals surface area contributed by atoms with Gasteiger partial charge >= 0.3 is 6.09 Å². The van der Waals surface area contributed by atoms with Gasteiger partial charge in [0.2, 0.25) is 0 Å². The maximum absolute atomic E-state index is 11.1. The third-order valence-electron chi connectivity index (χ3n) is 3.19. The Morgan fingerprint density at radius 1 is 1.31 bits per heavy atom. The van der Waals surface area contributed by atoms with Crippen LogP contribution in [0.4, 0.5) is 4.79 Å². The number of amides is 1. The van der Waals surface area contributed by atoms with Gasteiger partial charge in [-0.15, -0.1) is 0 Å². The zero-order valence-electron chi connectivity index (χ0n) is 8.16. The van der Waals surface area contributed by atoms with Crippen molar-refractivity contribution in [1.82, 2.24) is 4.90 Å². The van der Waals surface area contributed by atoms with Crippen LogP contribution in [-0.4, -0.2) is 30.7 Å². The standard InChI is InChI=1S/C10H17NO2/c1-11-7-9(13-10(11)12)8-5-3-2-4-6-8/h8-9H,2-7H2,1H3. The van der Waals surface area contributed by atoms with Gasteiger partial charge in [0.05, 0.1) is 6.54 Å². The number of rotatable bonds is 1. The lowest BCUT2D eigenvalue weighted by Crippen LogP contribution is -2.27. The van der Waals surface area contributed by atoms with Gasteiger partial charge in [0.25, 0.3) is 0 Å². The molecule has 3 nitrogen and oxygen atoms in total. The molecule has 0 radical (unpaired) electrons. The fourth-order valence-electron chi connectivity index (χ4n) is 2.35. The van der Waals surface area contributed by atoms with Crippen LogP contribution in [0.3, 0.4) is 0 Å². The Hall–Kier alpha value is -0.730. The fourth-order valence-corrected chi connectivity index (χ4v) is 2.35. The first-order valence-electron chi connectivity index (χ1n) is 5.19. The molecule has 1 amide bonds. The van der Waals surface area contributed by atoms with Gasteiger partial charge in [-0.2, -0.15) is 0 Å². The molecule has 2 aliphatic rings. The Morgan fingerprint density at radius 3 is 2.54 bits per heavy atom. The van der Waals surface area contributed by atoms with Gasteiger partial charge in [-0.1, -0.05) is 19.3 Å². The van der Waals surface area contributed by atoms with E-state index in [0.717, 1.165) is 6.54 Å². The summed E-state index contributed by atoms with van der Waals surface area (Å²) in [6, 6.07) is 0. The van der Waals surface area contributed by atoms with Crippen molar-refractivity contribution in [3.8, 4) is 0 Å². The molecule has 0 bridgehead atoms. The van der Waals surface area contributed by atoms with E-state index in [1.807, 2.05) is 7.05 Å². The summed E-state index contributed by atoms with van der Waals surface area (Å²) in [5, 5.41) is 0. The molecule has 1 unspecified atom stereocenters. The Labute approximate surface area is 79.0 Å². The highest BCUT2D eigenvalue weighted by Crippen LogP contribution is 2.30. The first-order valence-corrected chi connectivity index (χ1v) is 5.19. The summed E-state index contributed by atoms with van der Waals surface area (Å²) in [4.78, 5) is 12.8. The summed E-state index contributed by atoms with van der Waals surface area (Å²) in [6.07, 6.45) is 6.49. The van der Waals surface area contributed by atoms with Gasteiger partial charge in [0, 0.05) is 7.05 Å². The predicted molar refractivity (Wildman–Crippen MR) is 49.5 cm³/mol. The van der Waals surface area contributed by atoms with E-state index in [0.29, 0.717) is 5.92 Å². The summed E-state index contributed by atoms with van der Waals surface area (Å²) in [5.74, 6) is 0.627. The zero-order chi connectivity index (χ0) is 9.26. The molecule has 0 aromatic carbocycles. The fraction of sp³-hybridized carbons (Fsp3) is 0.900. The van der Waals surface area contributed by atoms with Crippen LogP contribution < -0.4 is 0 Å². The van der Waals surface area contributed by atoms with Gasteiger partial charge < -0.3 is 9.64 Å². The average molecular weight is 183 g/mol. The Morgan fingerprint density at radius 2 is 2.00 bits per heavy atom. The lowest BCUT2D eigenvalue weighted by atomic mass is 9.85. The smallest absolute Gasteiger partial charge is 0.409 e. The quantitative estimate of drug-likeness (QED) is 0.622. The molecule has 1 aliphatic heterocycles. The monoisotopic (exact) mass is 183 g/mol. The highest BCUT2D eigenvalue weighted by atomic mass is 16.6. The van der Waals surface area contributed by atoms with Gasteiger partial charge in [0.1, 0.15) is 6.10 Å². The van der Waals surface area contributed by atoms with Crippen LogP contribution in [0.1, 0.15) is 32.1 Å². The van der Waals surface area contributed by atoms with Crippen LogP contribution in [-0.2, 0) is 4.74 Å². The van der Waals surface area contributed by atoms with Gasteiger partial charge in [-0.05, 0) is 18.8 Å². The molecule has 13 heavy (non-hydrogen) atoms. The van der Waals surface area contributed by atoms with Crippen molar-refractivity contribution >= 4 is 6.09 Å². The summed E-state index contributed by atoms with van der Waals surface area (Å²) in [5.41, 5.74) is 0. The molecule has 0 spiro atoms. The highest BCUT2D eigenvalue weighted by Gasteiger charge is 2.34. The molecule has 0 aromatic rings. The molecule has 1 heterocycles. The van der Waals surface area contributed by atoms with Gasteiger partial charge in [0.15, 0.2) is 0 Å². The van der Waals surface area contributed by atoms with E-state index in [1.54, 1.807) is 4.90 Å². The SMILES string of the molecule is CN1CC(C2CCCCC2)OC1=O. The minimum absolute atomic E-state index is 0.143. The van der Waals surface area contributed by atoms with Crippen molar-refractivity contribution in [2.45, 2.75) is 38.2 Å². The molecule has 3 heteroatoms. The van der Waals surface area contributed by atoms with E-state index in [9.17, 15) is 4.79 Å². The maximum Gasteiger partial charge on any atom is 0.409 e. The number of ether oxygens (including phenoxy) is 1. The second-order valence-corrected chi connectivity index (χ2v) is 4.20. The zero-order valence-corrected chi connectivity index (χ0v) is 8.16. The van der Waals surface area contributed by atoms with Crippen molar-refractivity contribution in [3.05, 3.63) is 0 Å². The van der Waals surface area contributed by atoms with Crippen molar-refractivity contribution in [2.24, 2.45) is 5.92 Å². The third-order valence-corrected chi connectivity index (χ3v) is 3.19. The van der Waals surface area contributed by atoms with Crippen LogP contribution >= 0.6 is 0 Å². The molecule has 1 saturated heterocycles. The van der Waals surface area contributed by atoms with E-state index < -0.39 is 0 Å². The van der Waals surface area contributed by atoms with E-state index in [-0.39, 0.29) is 12.2 Å². The summed E-state index contributed by atoms with van der Waals surface area (Å²) in [7, 11) is 1.81. The average Bonchev–Trinajstić information content (AvgIpc) is 2.49. The molecular formula is C10H17NO2. The second kappa shape index (κ2) is 3.56. The molecule has 1 atom stereocenters. The number of carbonyl (C=O) groups excluding carboxylic acids is 1. The Bertz CT molecular complexity index is 199. The highest BCUT2D eigenvalue weighted by molar-refractivity contribution is 5.69. The molecule has 1 aliphatic carbocycles. The second-order valence-electron chi connectivity index (χ2n) is 4.20. The summed E-state index contributed by atoms with van der Waals surface area (Å²) in [6.45, 7) is 0.795.